The van der Waals surface area contributed by atoms with Crippen LogP contribution in [0.3, 0.4) is 0 Å². The average molecular weight is 257 g/mol. The minimum Gasteiger partial charge on any atom is -0.335 e. The Hall–Kier alpha value is -1.47. The van der Waals surface area contributed by atoms with E-state index in [0.717, 1.165) is 28.9 Å². The van der Waals surface area contributed by atoms with Crippen LogP contribution in [0.15, 0.2) is 23.2 Å². The van der Waals surface area contributed by atoms with Crippen molar-refractivity contribution in [1.82, 2.24) is 0 Å². The maximum Gasteiger partial charge on any atom is 0.161 e. The molecular formula is C14H15N3S. The van der Waals surface area contributed by atoms with Crippen molar-refractivity contribution in [3.8, 4) is 6.07 Å². The molecule has 3 nitrogen and oxygen atoms in total. The van der Waals surface area contributed by atoms with Gasteiger partial charge in [0.25, 0.3) is 0 Å². The summed E-state index contributed by atoms with van der Waals surface area (Å²) in [6.45, 7) is 2.98. The Balaban J connectivity index is 1.71. The van der Waals surface area contributed by atoms with Crippen LogP contribution in [0.5, 0.6) is 0 Å². The second-order valence-corrected chi connectivity index (χ2v) is 6.13. The lowest BCUT2D eigenvalue weighted by molar-refractivity contribution is 0.773. The third kappa shape index (κ3) is 2.37. The molecule has 2 aliphatic rings. The number of amidine groups is 1. The van der Waals surface area contributed by atoms with E-state index in [1.165, 1.54) is 12.8 Å². The van der Waals surface area contributed by atoms with E-state index in [-0.39, 0.29) is 0 Å². The van der Waals surface area contributed by atoms with E-state index in [9.17, 15) is 0 Å². The summed E-state index contributed by atoms with van der Waals surface area (Å²) in [7, 11) is 0. The van der Waals surface area contributed by atoms with E-state index in [4.69, 9.17) is 5.26 Å². The lowest BCUT2D eigenvalue weighted by Gasteiger charge is -2.10. The molecule has 92 valence electrons. The zero-order chi connectivity index (χ0) is 12.5. The van der Waals surface area contributed by atoms with Crippen molar-refractivity contribution in [1.29, 1.82) is 5.26 Å². The standard InChI is InChI=1S/C14H15N3S/c1-9-2-3-10(7-15)6-12(9)17-14-16-8-13(18-14)11-4-5-11/h2-3,6,11,13H,4-5,8H2,1H3,(H,16,17). The quantitative estimate of drug-likeness (QED) is 0.885. The van der Waals surface area contributed by atoms with Crippen molar-refractivity contribution in [3.05, 3.63) is 29.3 Å². The summed E-state index contributed by atoms with van der Waals surface area (Å²) in [4.78, 5) is 4.56. The van der Waals surface area contributed by atoms with Gasteiger partial charge in [-0.1, -0.05) is 17.8 Å². The molecule has 0 aromatic heterocycles. The average Bonchev–Trinajstić information content (AvgIpc) is 3.13. The number of benzene rings is 1. The van der Waals surface area contributed by atoms with Gasteiger partial charge in [0, 0.05) is 10.9 Å². The highest BCUT2D eigenvalue weighted by atomic mass is 32.2. The zero-order valence-electron chi connectivity index (χ0n) is 10.3. The lowest BCUT2D eigenvalue weighted by Crippen LogP contribution is -2.09. The molecule has 1 unspecified atom stereocenters. The molecule has 1 N–H and O–H groups in total. The first-order chi connectivity index (χ1) is 8.76. The molecule has 1 aromatic carbocycles. The summed E-state index contributed by atoms with van der Waals surface area (Å²) >= 11 is 1.85. The molecule has 3 rings (SSSR count). The second-order valence-electron chi connectivity index (χ2n) is 4.91. The minimum absolute atomic E-state index is 0.673. The fourth-order valence-electron chi connectivity index (χ4n) is 2.11. The molecule has 1 aliphatic heterocycles. The van der Waals surface area contributed by atoms with Gasteiger partial charge in [-0.2, -0.15) is 5.26 Å². The topological polar surface area (TPSA) is 48.2 Å². The van der Waals surface area contributed by atoms with E-state index < -0.39 is 0 Å². The molecule has 0 bridgehead atoms. The molecule has 0 spiro atoms. The van der Waals surface area contributed by atoms with Gasteiger partial charge in [0.05, 0.1) is 18.2 Å². The predicted octanol–water partition coefficient (Wildman–Crippen LogP) is 3.16. The van der Waals surface area contributed by atoms with Crippen molar-refractivity contribution in [2.75, 3.05) is 11.9 Å². The zero-order valence-corrected chi connectivity index (χ0v) is 11.1. The summed E-state index contributed by atoms with van der Waals surface area (Å²) < 4.78 is 0. The number of hydrogen-bond acceptors (Lipinski definition) is 4. The van der Waals surface area contributed by atoms with Gasteiger partial charge in [0.1, 0.15) is 0 Å². The van der Waals surface area contributed by atoms with Crippen molar-refractivity contribution >= 4 is 22.6 Å². The van der Waals surface area contributed by atoms with Crippen molar-refractivity contribution in [2.45, 2.75) is 25.0 Å². The summed E-state index contributed by atoms with van der Waals surface area (Å²) in [6, 6.07) is 7.88. The first-order valence-electron chi connectivity index (χ1n) is 6.25. The SMILES string of the molecule is Cc1ccc(C#N)cc1NC1=NCC(C2CC2)S1. The highest BCUT2D eigenvalue weighted by Crippen LogP contribution is 2.42. The number of rotatable bonds is 2. The van der Waals surface area contributed by atoms with Crippen LogP contribution >= 0.6 is 11.8 Å². The van der Waals surface area contributed by atoms with Crippen LogP contribution in [-0.2, 0) is 0 Å². The predicted molar refractivity (Wildman–Crippen MR) is 75.9 cm³/mol. The fourth-order valence-corrected chi connectivity index (χ4v) is 3.33. The van der Waals surface area contributed by atoms with Gasteiger partial charge < -0.3 is 5.32 Å². The smallest absolute Gasteiger partial charge is 0.161 e. The molecule has 0 radical (unpaired) electrons. The molecule has 1 aromatic rings. The molecule has 1 aliphatic carbocycles. The number of nitrogens with one attached hydrogen (secondary N) is 1. The normalized spacial score (nSPS) is 22.4. The van der Waals surface area contributed by atoms with Crippen molar-refractivity contribution < 1.29 is 0 Å². The van der Waals surface area contributed by atoms with Crippen LogP contribution in [0.2, 0.25) is 0 Å². The summed E-state index contributed by atoms with van der Waals surface area (Å²) in [6.07, 6.45) is 2.73. The number of thioether (sulfide) groups is 1. The molecule has 0 amide bonds. The van der Waals surface area contributed by atoms with Crippen molar-refractivity contribution in [2.24, 2.45) is 10.9 Å². The first-order valence-corrected chi connectivity index (χ1v) is 7.13. The Morgan fingerprint density at radius 3 is 3.00 bits per heavy atom. The van der Waals surface area contributed by atoms with E-state index in [1.54, 1.807) is 0 Å². The van der Waals surface area contributed by atoms with Gasteiger partial charge in [-0.15, -0.1) is 0 Å². The van der Waals surface area contributed by atoms with E-state index in [1.807, 2.05) is 36.9 Å². The number of hydrogen-bond donors (Lipinski definition) is 1. The van der Waals surface area contributed by atoms with Crippen LogP contribution in [-0.4, -0.2) is 17.0 Å². The molecule has 1 saturated carbocycles. The van der Waals surface area contributed by atoms with Crippen LogP contribution in [0.1, 0.15) is 24.0 Å². The Kier molecular flexibility index (Phi) is 3.00. The lowest BCUT2D eigenvalue weighted by atomic mass is 10.1. The molecule has 1 atom stereocenters. The maximum absolute atomic E-state index is 8.92. The van der Waals surface area contributed by atoms with Crippen LogP contribution in [0, 0.1) is 24.2 Å². The second kappa shape index (κ2) is 4.66. The highest BCUT2D eigenvalue weighted by Gasteiger charge is 2.35. The number of nitrogens with zero attached hydrogens (tertiary/aromatic N) is 2. The van der Waals surface area contributed by atoms with Gasteiger partial charge in [-0.3, -0.25) is 4.99 Å². The summed E-state index contributed by atoms with van der Waals surface area (Å²) in [5.74, 6) is 0.879. The number of aliphatic imine (C=N–C) groups is 1. The summed E-state index contributed by atoms with van der Waals surface area (Å²) in [5, 5.41) is 14.0. The Morgan fingerprint density at radius 1 is 1.44 bits per heavy atom. The Labute approximate surface area is 111 Å². The van der Waals surface area contributed by atoms with Gasteiger partial charge >= 0.3 is 0 Å². The van der Waals surface area contributed by atoms with E-state index >= 15 is 0 Å². The molecular weight excluding hydrogens is 242 g/mol. The summed E-state index contributed by atoms with van der Waals surface area (Å²) in [5.41, 5.74) is 2.83. The number of aryl methyl sites for hydroxylation is 1. The van der Waals surface area contributed by atoms with Gasteiger partial charge in [-0.25, -0.2) is 0 Å². The molecule has 1 fully saturated rings. The van der Waals surface area contributed by atoms with Crippen LogP contribution in [0.25, 0.3) is 0 Å². The van der Waals surface area contributed by atoms with E-state index in [2.05, 4.69) is 16.4 Å². The molecule has 1 heterocycles. The van der Waals surface area contributed by atoms with Crippen molar-refractivity contribution in [3.63, 3.8) is 0 Å². The fraction of sp³-hybridized carbons (Fsp3) is 0.429. The van der Waals surface area contributed by atoms with Gasteiger partial charge in [0.15, 0.2) is 5.17 Å². The largest absolute Gasteiger partial charge is 0.335 e. The highest BCUT2D eigenvalue weighted by molar-refractivity contribution is 8.15. The Bertz CT molecular complexity index is 540. The van der Waals surface area contributed by atoms with Gasteiger partial charge in [0.2, 0.25) is 0 Å². The number of nitriles is 1. The molecule has 0 saturated heterocycles. The third-order valence-corrected chi connectivity index (χ3v) is 4.73. The maximum atomic E-state index is 8.92. The van der Waals surface area contributed by atoms with Crippen LogP contribution < -0.4 is 5.32 Å². The number of anilines is 1. The third-order valence-electron chi connectivity index (χ3n) is 3.43. The van der Waals surface area contributed by atoms with Crippen LogP contribution in [0.4, 0.5) is 5.69 Å². The monoisotopic (exact) mass is 257 g/mol. The van der Waals surface area contributed by atoms with Gasteiger partial charge in [-0.05, 0) is 43.4 Å². The first kappa shape index (κ1) is 11.6. The Morgan fingerprint density at radius 2 is 2.28 bits per heavy atom. The molecule has 4 heteroatoms. The molecule has 18 heavy (non-hydrogen) atoms. The minimum atomic E-state index is 0.673. The van der Waals surface area contributed by atoms with E-state index in [0.29, 0.717) is 10.8 Å².